The molecule has 0 aromatic heterocycles. The quantitative estimate of drug-likeness (QED) is 0.837. The number of likely N-dealkylation sites (tertiary alicyclic amines) is 1. The Morgan fingerprint density at radius 2 is 1.95 bits per heavy atom. The predicted molar refractivity (Wildman–Crippen MR) is 92.8 cm³/mol. The van der Waals surface area contributed by atoms with Crippen LogP contribution in [0.5, 0.6) is 0 Å². The molecule has 1 heterocycles. The largest absolute Gasteiger partial charge is 0.348 e. The van der Waals surface area contributed by atoms with Gasteiger partial charge < -0.3 is 10.2 Å². The van der Waals surface area contributed by atoms with Crippen LogP contribution in [0, 0.1) is 6.92 Å². The van der Waals surface area contributed by atoms with Crippen molar-refractivity contribution >= 4 is 23.0 Å². The second-order valence-electron chi connectivity index (χ2n) is 5.64. The number of thiocarbonyl (C=S) groups is 1. The lowest BCUT2D eigenvalue weighted by Gasteiger charge is -2.21. The van der Waals surface area contributed by atoms with Gasteiger partial charge in [-0.05, 0) is 48.8 Å². The summed E-state index contributed by atoms with van der Waals surface area (Å²) in [6.45, 7) is 4.12. The van der Waals surface area contributed by atoms with Crippen molar-refractivity contribution in [3.8, 4) is 0 Å². The first-order valence-corrected chi connectivity index (χ1v) is 7.81. The maximum Gasteiger partial charge on any atom is 0.173 e. The number of rotatable bonds is 2. The van der Waals surface area contributed by atoms with Crippen molar-refractivity contribution in [3.05, 3.63) is 65.7 Å². The molecule has 2 nitrogen and oxygen atoms in total. The SMILES string of the molecule is Cc1cccc(NC(=S)N2CC[C@H](c3ccccc3)C2)c1. The fourth-order valence-corrected chi connectivity index (χ4v) is 3.15. The van der Waals surface area contributed by atoms with E-state index in [9.17, 15) is 0 Å². The topological polar surface area (TPSA) is 15.3 Å². The third kappa shape index (κ3) is 3.42. The molecule has 1 aliphatic heterocycles. The molecule has 1 fully saturated rings. The van der Waals surface area contributed by atoms with Crippen molar-refractivity contribution in [1.29, 1.82) is 0 Å². The normalized spacial score (nSPS) is 17.8. The van der Waals surface area contributed by atoms with Gasteiger partial charge in [-0.3, -0.25) is 0 Å². The number of nitrogens with zero attached hydrogens (tertiary/aromatic N) is 1. The minimum absolute atomic E-state index is 0.587. The molecule has 21 heavy (non-hydrogen) atoms. The van der Waals surface area contributed by atoms with Crippen molar-refractivity contribution in [2.45, 2.75) is 19.3 Å². The molecular formula is C18H20N2S. The van der Waals surface area contributed by atoms with Gasteiger partial charge in [-0.2, -0.15) is 0 Å². The van der Waals surface area contributed by atoms with Crippen LogP contribution in [0.4, 0.5) is 5.69 Å². The standard InChI is InChI=1S/C18H20N2S/c1-14-6-5-9-17(12-14)19-18(21)20-11-10-16(13-20)15-7-3-2-4-8-15/h2-9,12,16H,10-11,13H2,1H3,(H,19,21)/t16-/m0/s1. The Labute approximate surface area is 131 Å². The van der Waals surface area contributed by atoms with E-state index in [1.807, 2.05) is 0 Å². The second kappa shape index (κ2) is 6.27. The first-order valence-electron chi connectivity index (χ1n) is 7.40. The van der Waals surface area contributed by atoms with Crippen molar-refractivity contribution in [3.63, 3.8) is 0 Å². The lowest BCUT2D eigenvalue weighted by molar-refractivity contribution is 0.518. The maximum absolute atomic E-state index is 5.56. The molecule has 2 aromatic rings. The third-order valence-electron chi connectivity index (χ3n) is 4.02. The Bertz CT molecular complexity index is 624. The molecule has 0 spiro atoms. The van der Waals surface area contributed by atoms with E-state index < -0.39 is 0 Å². The highest BCUT2D eigenvalue weighted by molar-refractivity contribution is 7.80. The zero-order valence-electron chi connectivity index (χ0n) is 12.3. The van der Waals surface area contributed by atoms with Gasteiger partial charge in [0.05, 0.1) is 0 Å². The third-order valence-corrected chi connectivity index (χ3v) is 4.38. The highest BCUT2D eigenvalue weighted by atomic mass is 32.1. The van der Waals surface area contributed by atoms with Gasteiger partial charge in [-0.1, -0.05) is 42.5 Å². The van der Waals surface area contributed by atoms with Crippen LogP contribution in [0.1, 0.15) is 23.5 Å². The Morgan fingerprint density at radius 1 is 1.14 bits per heavy atom. The highest BCUT2D eigenvalue weighted by Crippen LogP contribution is 2.27. The van der Waals surface area contributed by atoms with Crippen LogP contribution in [0.25, 0.3) is 0 Å². The molecule has 1 aliphatic rings. The number of anilines is 1. The molecule has 1 saturated heterocycles. The summed E-state index contributed by atoms with van der Waals surface area (Å²) in [6, 6.07) is 19.0. The van der Waals surface area contributed by atoms with E-state index in [0.717, 1.165) is 23.9 Å². The van der Waals surface area contributed by atoms with Crippen molar-refractivity contribution < 1.29 is 0 Å². The molecule has 3 heteroatoms. The summed E-state index contributed by atoms with van der Waals surface area (Å²) in [7, 11) is 0. The van der Waals surface area contributed by atoms with Crippen LogP contribution < -0.4 is 5.32 Å². The molecule has 3 rings (SSSR count). The first-order chi connectivity index (χ1) is 10.2. The molecular weight excluding hydrogens is 276 g/mol. The maximum atomic E-state index is 5.56. The predicted octanol–water partition coefficient (Wildman–Crippen LogP) is 4.18. The Balaban J connectivity index is 1.62. The number of aryl methyl sites for hydroxylation is 1. The minimum Gasteiger partial charge on any atom is -0.348 e. The Morgan fingerprint density at radius 3 is 2.71 bits per heavy atom. The number of benzene rings is 2. The highest BCUT2D eigenvalue weighted by Gasteiger charge is 2.25. The molecule has 0 bridgehead atoms. The molecule has 0 unspecified atom stereocenters. The molecule has 1 atom stereocenters. The number of nitrogens with one attached hydrogen (secondary N) is 1. The first kappa shape index (κ1) is 14.1. The average Bonchev–Trinajstić information content (AvgIpc) is 2.98. The summed E-state index contributed by atoms with van der Waals surface area (Å²) in [5, 5.41) is 4.19. The molecule has 0 radical (unpaired) electrons. The van der Waals surface area contributed by atoms with Crippen LogP contribution in [0.3, 0.4) is 0 Å². The van der Waals surface area contributed by atoms with Crippen LogP contribution >= 0.6 is 12.2 Å². The molecule has 0 saturated carbocycles. The molecule has 108 valence electrons. The molecule has 0 amide bonds. The summed E-state index contributed by atoms with van der Waals surface area (Å²) in [5.74, 6) is 0.587. The van der Waals surface area contributed by atoms with E-state index in [1.165, 1.54) is 17.5 Å². The van der Waals surface area contributed by atoms with Crippen molar-refractivity contribution in [2.24, 2.45) is 0 Å². The van der Waals surface area contributed by atoms with Gasteiger partial charge in [0.25, 0.3) is 0 Å². The second-order valence-corrected chi connectivity index (χ2v) is 6.03. The summed E-state index contributed by atoms with van der Waals surface area (Å²) < 4.78 is 0. The van der Waals surface area contributed by atoms with E-state index in [-0.39, 0.29) is 0 Å². The van der Waals surface area contributed by atoms with Gasteiger partial charge in [0, 0.05) is 24.7 Å². The number of hydrogen-bond acceptors (Lipinski definition) is 1. The molecule has 2 aromatic carbocycles. The minimum atomic E-state index is 0.587. The summed E-state index contributed by atoms with van der Waals surface area (Å²) in [5.41, 5.74) is 3.73. The Hall–Kier alpha value is -1.87. The van der Waals surface area contributed by atoms with Gasteiger partial charge in [-0.15, -0.1) is 0 Å². The smallest absolute Gasteiger partial charge is 0.173 e. The van der Waals surface area contributed by atoms with E-state index in [2.05, 4.69) is 71.7 Å². The van der Waals surface area contributed by atoms with Crippen LogP contribution in [0.15, 0.2) is 54.6 Å². The van der Waals surface area contributed by atoms with E-state index in [4.69, 9.17) is 12.2 Å². The van der Waals surface area contributed by atoms with Gasteiger partial charge >= 0.3 is 0 Å². The summed E-state index contributed by atoms with van der Waals surface area (Å²) in [4.78, 5) is 2.27. The average molecular weight is 296 g/mol. The molecule has 1 N–H and O–H groups in total. The fraction of sp³-hybridized carbons (Fsp3) is 0.278. The van der Waals surface area contributed by atoms with E-state index in [1.54, 1.807) is 0 Å². The van der Waals surface area contributed by atoms with Gasteiger partial charge in [0.1, 0.15) is 0 Å². The number of hydrogen-bond donors (Lipinski definition) is 1. The monoisotopic (exact) mass is 296 g/mol. The van der Waals surface area contributed by atoms with Crippen LogP contribution in [0.2, 0.25) is 0 Å². The van der Waals surface area contributed by atoms with Gasteiger partial charge in [0.2, 0.25) is 0 Å². The zero-order chi connectivity index (χ0) is 14.7. The van der Waals surface area contributed by atoms with E-state index in [0.29, 0.717) is 5.92 Å². The zero-order valence-corrected chi connectivity index (χ0v) is 13.1. The Kier molecular flexibility index (Phi) is 4.20. The lowest BCUT2D eigenvalue weighted by Crippen LogP contribution is -2.32. The van der Waals surface area contributed by atoms with E-state index >= 15 is 0 Å². The lowest BCUT2D eigenvalue weighted by atomic mass is 9.99. The van der Waals surface area contributed by atoms with Crippen LogP contribution in [-0.4, -0.2) is 23.1 Å². The fourth-order valence-electron chi connectivity index (χ4n) is 2.87. The van der Waals surface area contributed by atoms with Crippen molar-refractivity contribution in [1.82, 2.24) is 4.90 Å². The molecule has 0 aliphatic carbocycles. The van der Waals surface area contributed by atoms with Crippen molar-refractivity contribution in [2.75, 3.05) is 18.4 Å². The summed E-state index contributed by atoms with van der Waals surface area (Å²) >= 11 is 5.56. The summed E-state index contributed by atoms with van der Waals surface area (Å²) in [6.07, 6.45) is 1.17. The van der Waals surface area contributed by atoms with Crippen LogP contribution in [-0.2, 0) is 0 Å². The van der Waals surface area contributed by atoms with Gasteiger partial charge in [-0.25, -0.2) is 0 Å². The van der Waals surface area contributed by atoms with Gasteiger partial charge in [0.15, 0.2) is 5.11 Å².